The molecule has 0 heterocycles. The van der Waals surface area contributed by atoms with E-state index in [1.165, 1.54) is 57.8 Å². The van der Waals surface area contributed by atoms with Gasteiger partial charge < -0.3 is 5.11 Å². The van der Waals surface area contributed by atoms with Gasteiger partial charge in [-0.05, 0) is 32.1 Å². The number of hydrogen-bond acceptors (Lipinski definition) is 1. The number of hydrogen-bond donors (Lipinski definition) is 1. The van der Waals surface area contributed by atoms with Crippen molar-refractivity contribution in [1.82, 2.24) is 0 Å². The zero-order valence-electron chi connectivity index (χ0n) is 13.9. The largest absolute Gasteiger partial charge is 0.481 e. The van der Waals surface area contributed by atoms with Crippen LogP contribution in [0.4, 0.5) is 0 Å². The first-order valence-corrected chi connectivity index (χ1v) is 8.80. The highest BCUT2D eigenvalue weighted by Crippen LogP contribution is 2.09. The summed E-state index contributed by atoms with van der Waals surface area (Å²) in [7, 11) is 0. The molecule has 0 aliphatic carbocycles. The van der Waals surface area contributed by atoms with E-state index < -0.39 is 5.97 Å². The second kappa shape index (κ2) is 17.0. The van der Waals surface area contributed by atoms with Crippen molar-refractivity contribution in [2.45, 2.75) is 90.4 Å². The van der Waals surface area contributed by atoms with Crippen LogP contribution in [0.1, 0.15) is 90.4 Å². The number of carboxylic acid groups (broad SMARTS) is 1. The van der Waals surface area contributed by atoms with Crippen LogP contribution in [0.25, 0.3) is 0 Å². The number of unbranched alkanes of at least 4 members (excludes halogenated alkanes) is 10. The molecule has 0 aromatic rings. The van der Waals surface area contributed by atoms with E-state index in [0.29, 0.717) is 6.42 Å². The van der Waals surface area contributed by atoms with E-state index in [1.54, 1.807) is 0 Å². The molecule has 21 heavy (non-hydrogen) atoms. The summed E-state index contributed by atoms with van der Waals surface area (Å²) >= 11 is 0. The molecule has 0 radical (unpaired) electrons. The molecule has 0 aliphatic rings. The van der Waals surface area contributed by atoms with Gasteiger partial charge >= 0.3 is 5.97 Å². The lowest BCUT2D eigenvalue weighted by atomic mass is 10.1. The van der Waals surface area contributed by atoms with Gasteiger partial charge in [-0.2, -0.15) is 0 Å². The maximum Gasteiger partial charge on any atom is 0.303 e. The SMILES string of the molecule is CCCCCC/C=C/C=C\CCCCCCCCC(=O)O. The van der Waals surface area contributed by atoms with Crippen LogP contribution in [0.3, 0.4) is 0 Å². The molecule has 0 amide bonds. The number of carbonyl (C=O) groups is 1. The molecule has 0 saturated carbocycles. The summed E-state index contributed by atoms with van der Waals surface area (Å²) in [5.74, 6) is -0.668. The summed E-state index contributed by atoms with van der Waals surface area (Å²) in [5, 5.41) is 8.52. The highest BCUT2D eigenvalue weighted by molar-refractivity contribution is 5.66. The molecule has 0 aromatic carbocycles. The maximum absolute atomic E-state index is 10.3. The van der Waals surface area contributed by atoms with Crippen LogP contribution in [-0.2, 0) is 4.79 Å². The summed E-state index contributed by atoms with van der Waals surface area (Å²) in [6, 6.07) is 0. The van der Waals surface area contributed by atoms with Crippen LogP contribution in [-0.4, -0.2) is 11.1 Å². The first-order chi connectivity index (χ1) is 10.3. The summed E-state index contributed by atoms with van der Waals surface area (Å²) in [4.78, 5) is 10.3. The number of allylic oxidation sites excluding steroid dienone is 4. The highest BCUT2D eigenvalue weighted by Gasteiger charge is 1.95. The fraction of sp³-hybridized carbons (Fsp3) is 0.737. The van der Waals surface area contributed by atoms with Crippen molar-refractivity contribution in [2.24, 2.45) is 0 Å². The van der Waals surface area contributed by atoms with Crippen molar-refractivity contribution in [2.75, 3.05) is 0 Å². The molecule has 0 saturated heterocycles. The molecule has 0 fully saturated rings. The van der Waals surface area contributed by atoms with Crippen molar-refractivity contribution in [3.05, 3.63) is 24.3 Å². The summed E-state index contributed by atoms with van der Waals surface area (Å²) < 4.78 is 0. The number of aliphatic carboxylic acids is 1. The van der Waals surface area contributed by atoms with Crippen molar-refractivity contribution in [1.29, 1.82) is 0 Å². The zero-order chi connectivity index (χ0) is 15.6. The molecule has 0 bridgehead atoms. The van der Waals surface area contributed by atoms with Crippen molar-refractivity contribution < 1.29 is 9.90 Å². The third-order valence-electron chi connectivity index (χ3n) is 3.62. The van der Waals surface area contributed by atoms with E-state index in [-0.39, 0.29) is 0 Å². The molecule has 0 unspecified atom stereocenters. The second-order valence-electron chi connectivity index (χ2n) is 5.76. The van der Waals surface area contributed by atoms with Gasteiger partial charge in [0.1, 0.15) is 0 Å². The smallest absolute Gasteiger partial charge is 0.303 e. The Morgan fingerprint density at radius 2 is 1.24 bits per heavy atom. The third-order valence-corrected chi connectivity index (χ3v) is 3.62. The first-order valence-electron chi connectivity index (χ1n) is 8.80. The minimum Gasteiger partial charge on any atom is -0.481 e. The van der Waals surface area contributed by atoms with Crippen molar-refractivity contribution in [3.8, 4) is 0 Å². The van der Waals surface area contributed by atoms with Crippen LogP contribution < -0.4 is 0 Å². The van der Waals surface area contributed by atoms with E-state index in [9.17, 15) is 4.79 Å². The molecule has 0 atom stereocenters. The van der Waals surface area contributed by atoms with Gasteiger partial charge in [0.05, 0.1) is 0 Å². The average molecular weight is 294 g/mol. The summed E-state index contributed by atoms with van der Waals surface area (Å²) in [6.07, 6.45) is 23.7. The number of carboxylic acids is 1. The maximum atomic E-state index is 10.3. The van der Waals surface area contributed by atoms with Crippen LogP contribution in [0.15, 0.2) is 24.3 Å². The monoisotopic (exact) mass is 294 g/mol. The third kappa shape index (κ3) is 18.9. The summed E-state index contributed by atoms with van der Waals surface area (Å²) in [6.45, 7) is 2.24. The normalized spacial score (nSPS) is 11.7. The van der Waals surface area contributed by atoms with Gasteiger partial charge in [-0.15, -0.1) is 0 Å². The Bertz CT molecular complexity index is 279. The van der Waals surface area contributed by atoms with Crippen molar-refractivity contribution in [3.63, 3.8) is 0 Å². The Kier molecular flexibility index (Phi) is 16.2. The quantitative estimate of drug-likeness (QED) is 0.285. The van der Waals surface area contributed by atoms with Gasteiger partial charge in [0, 0.05) is 6.42 Å². The fourth-order valence-electron chi connectivity index (χ4n) is 2.28. The summed E-state index contributed by atoms with van der Waals surface area (Å²) in [5.41, 5.74) is 0. The molecule has 0 spiro atoms. The molecular formula is C19H34O2. The molecule has 0 aromatic heterocycles. The highest BCUT2D eigenvalue weighted by atomic mass is 16.4. The average Bonchev–Trinajstić information content (AvgIpc) is 2.46. The Morgan fingerprint density at radius 3 is 1.76 bits per heavy atom. The van der Waals surface area contributed by atoms with Gasteiger partial charge in [0.15, 0.2) is 0 Å². The van der Waals surface area contributed by atoms with Gasteiger partial charge in [-0.1, -0.05) is 76.2 Å². The molecule has 1 N–H and O–H groups in total. The van der Waals surface area contributed by atoms with Crippen molar-refractivity contribution >= 4 is 5.97 Å². The van der Waals surface area contributed by atoms with Gasteiger partial charge in [-0.3, -0.25) is 4.79 Å². The molecular weight excluding hydrogens is 260 g/mol. The molecule has 0 rings (SSSR count). The minimum absolute atomic E-state index is 0.327. The number of rotatable bonds is 15. The van der Waals surface area contributed by atoms with Crippen LogP contribution in [0, 0.1) is 0 Å². The van der Waals surface area contributed by atoms with Gasteiger partial charge in [-0.25, -0.2) is 0 Å². The Morgan fingerprint density at radius 1 is 0.762 bits per heavy atom. The van der Waals surface area contributed by atoms with Gasteiger partial charge in [0.2, 0.25) is 0 Å². The van der Waals surface area contributed by atoms with Crippen LogP contribution in [0.2, 0.25) is 0 Å². The topological polar surface area (TPSA) is 37.3 Å². The lowest BCUT2D eigenvalue weighted by molar-refractivity contribution is -0.137. The predicted octanol–water partition coefficient (Wildman–Crippen LogP) is 6.27. The lowest BCUT2D eigenvalue weighted by Gasteiger charge is -1.99. The van der Waals surface area contributed by atoms with E-state index in [2.05, 4.69) is 31.2 Å². The van der Waals surface area contributed by atoms with Gasteiger partial charge in [0.25, 0.3) is 0 Å². The standard InChI is InChI=1S/C19H34O2/c1-2-3-4-5-6-7-8-9-10-11-12-13-14-15-16-17-18-19(20)21/h7-10H,2-6,11-18H2,1H3,(H,20,21)/b8-7+,10-9-. The predicted molar refractivity (Wildman–Crippen MR) is 91.6 cm³/mol. The molecule has 122 valence electrons. The minimum atomic E-state index is -0.668. The van der Waals surface area contributed by atoms with Crippen LogP contribution >= 0.6 is 0 Å². The fourth-order valence-corrected chi connectivity index (χ4v) is 2.28. The van der Waals surface area contributed by atoms with E-state index in [4.69, 9.17) is 5.11 Å². The molecule has 0 aliphatic heterocycles. The zero-order valence-corrected chi connectivity index (χ0v) is 13.9. The first kappa shape index (κ1) is 19.9. The Labute approximate surface area is 131 Å². The van der Waals surface area contributed by atoms with E-state index >= 15 is 0 Å². The van der Waals surface area contributed by atoms with E-state index in [1.807, 2.05) is 0 Å². The Balaban J connectivity index is 3.18. The molecule has 2 heteroatoms. The Hall–Kier alpha value is -1.05. The van der Waals surface area contributed by atoms with Crippen LogP contribution in [0.5, 0.6) is 0 Å². The molecule has 2 nitrogen and oxygen atoms in total. The second-order valence-corrected chi connectivity index (χ2v) is 5.76. The lowest BCUT2D eigenvalue weighted by Crippen LogP contribution is -1.93. The van der Waals surface area contributed by atoms with E-state index in [0.717, 1.165) is 19.3 Å².